The topological polar surface area (TPSA) is 93.8 Å². The fraction of sp³-hybridized carbons (Fsp3) is 0.385. The van der Waals surface area contributed by atoms with Crippen LogP contribution in [0.5, 0.6) is 0 Å². The minimum Gasteiger partial charge on any atom is -0.478 e. The molecule has 0 amide bonds. The summed E-state index contributed by atoms with van der Waals surface area (Å²) in [6, 6.07) is 4.90. The number of rotatable bonds is 8. The van der Waals surface area contributed by atoms with Crippen LogP contribution in [0.15, 0.2) is 22.6 Å². The molecule has 7 heteroatoms. The summed E-state index contributed by atoms with van der Waals surface area (Å²) < 4.78 is 15.6. The van der Waals surface area contributed by atoms with E-state index in [1.165, 1.54) is 12.1 Å². The van der Waals surface area contributed by atoms with Crippen LogP contribution in [0, 0.1) is 0 Å². The second-order valence-corrected chi connectivity index (χ2v) is 4.04. The van der Waals surface area contributed by atoms with Crippen LogP contribution in [-0.4, -0.2) is 49.5 Å². The number of carboxylic acid groups (broad SMARTS) is 1. The number of hydrogen-bond donors (Lipinski definition) is 2. The van der Waals surface area contributed by atoms with Crippen molar-refractivity contribution < 1.29 is 23.8 Å². The Balaban J connectivity index is 1.89. The highest BCUT2D eigenvalue weighted by atomic mass is 16.5. The molecule has 0 aliphatic heterocycles. The van der Waals surface area contributed by atoms with Gasteiger partial charge in [0.05, 0.1) is 25.4 Å². The number of anilines is 1. The second-order valence-electron chi connectivity index (χ2n) is 4.04. The highest BCUT2D eigenvalue weighted by molar-refractivity contribution is 5.92. The third-order valence-electron chi connectivity index (χ3n) is 2.59. The first-order valence-electron chi connectivity index (χ1n) is 6.15. The van der Waals surface area contributed by atoms with Gasteiger partial charge in [0.25, 0.3) is 6.01 Å². The molecule has 2 N–H and O–H groups in total. The van der Waals surface area contributed by atoms with E-state index >= 15 is 0 Å². The van der Waals surface area contributed by atoms with Crippen molar-refractivity contribution in [3.8, 4) is 0 Å². The van der Waals surface area contributed by atoms with Crippen LogP contribution in [0.2, 0.25) is 0 Å². The SMILES string of the molecule is COCCOCCNc1nc2ccc(C(=O)O)cc2o1. The minimum absolute atomic E-state index is 0.170. The summed E-state index contributed by atoms with van der Waals surface area (Å²) in [6.07, 6.45) is 0. The maximum Gasteiger partial charge on any atom is 0.335 e. The number of hydrogen-bond acceptors (Lipinski definition) is 6. The van der Waals surface area contributed by atoms with Crippen LogP contribution in [0.1, 0.15) is 10.4 Å². The monoisotopic (exact) mass is 280 g/mol. The molecule has 1 aromatic heterocycles. The zero-order valence-corrected chi connectivity index (χ0v) is 11.1. The number of methoxy groups -OCH3 is 1. The van der Waals surface area contributed by atoms with E-state index in [0.717, 1.165) is 0 Å². The van der Waals surface area contributed by atoms with E-state index in [1.807, 2.05) is 0 Å². The fourth-order valence-corrected chi connectivity index (χ4v) is 1.61. The first kappa shape index (κ1) is 14.3. The zero-order chi connectivity index (χ0) is 14.4. The molecular formula is C13H16N2O5. The molecule has 0 saturated heterocycles. The maximum absolute atomic E-state index is 10.8. The zero-order valence-electron chi connectivity index (χ0n) is 11.1. The van der Waals surface area contributed by atoms with E-state index in [-0.39, 0.29) is 5.56 Å². The lowest BCUT2D eigenvalue weighted by Crippen LogP contribution is -2.11. The van der Waals surface area contributed by atoms with Gasteiger partial charge in [-0.1, -0.05) is 0 Å². The second kappa shape index (κ2) is 6.88. The first-order valence-corrected chi connectivity index (χ1v) is 6.15. The molecule has 108 valence electrons. The Kier molecular flexibility index (Phi) is 4.91. The van der Waals surface area contributed by atoms with E-state index in [0.29, 0.717) is 43.5 Å². The smallest absolute Gasteiger partial charge is 0.335 e. The average Bonchev–Trinajstić information content (AvgIpc) is 2.84. The summed E-state index contributed by atoms with van der Waals surface area (Å²) in [4.78, 5) is 15.0. The number of carboxylic acids is 1. The Morgan fingerprint density at radius 1 is 1.40 bits per heavy atom. The number of nitrogens with zero attached hydrogens (tertiary/aromatic N) is 1. The van der Waals surface area contributed by atoms with Gasteiger partial charge in [0, 0.05) is 13.7 Å². The summed E-state index contributed by atoms with van der Waals surface area (Å²) in [6.45, 7) is 2.14. The van der Waals surface area contributed by atoms with E-state index in [2.05, 4.69) is 10.3 Å². The van der Waals surface area contributed by atoms with Gasteiger partial charge in [-0.25, -0.2) is 4.79 Å². The highest BCUT2D eigenvalue weighted by Crippen LogP contribution is 2.20. The third kappa shape index (κ3) is 3.69. The van der Waals surface area contributed by atoms with Crippen LogP contribution in [0.4, 0.5) is 6.01 Å². The molecule has 0 aliphatic rings. The molecule has 7 nitrogen and oxygen atoms in total. The van der Waals surface area contributed by atoms with Gasteiger partial charge >= 0.3 is 5.97 Å². The van der Waals surface area contributed by atoms with Gasteiger partial charge in [0.2, 0.25) is 0 Å². The Morgan fingerprint density at radius 3 is 3.00 bits per heavy atom. The Labute approximate surface area is 115 Å². The quantitative estimate of drug-likeness (QED) is 0.709. The number of carbonyl (C=O) groups is 1. The molecule has 0 fully saturated rings. The van der Waals surface area contributed by atoms with Gasteiger partial charge in [-0.15, -0.1) is 0 Å². The molecule has 0 radical (unpaired) electrons. The van der Waals surface area contributed by atoms with Crippen molar-refractivity contribution in [3.05, 3.63) is 23.8 Å². The molecule has 0 unspecified atom stereocenters. The molecule has 0 bridgehead atoms. The fourth-order valence-electron chi connectivity index (χ4n) is 1.61. The van der Waals surface area contributed by atoms with Crippen LogP contribution < -0.4 is 5.32 Å². The van der Waals surface area contributed by atoms with Gasteiger partial charge in [-0.05, 0) is 18.2 Å². The van der Waals surface area contributed by atoms with E-state index in [4.69, 9.17) is 19.0 Å². The lowest BCUT2D eigenvalue weighted by Gasteiger charge is -2.03. The summed E-state index contributed by atoms with van der Waals surface area (Å²) in [5.74, 6) is -0.996. The summed E-state index contributed by atoms with van der Waals surface area (Å²) in [7, 11) is 1.62. The molecule has 1 aromatic carbocycles. The molecule has 2 rings (SSSR count). The lowest BCUT2D eigenvalue weighted by atomic mass is 10.2. The predicted octanol–water partition coefficient (Wildman–Crippen LogP) is 1.60. The molecule has 0 saturated carbocycles. The number of ether oxygens (including phenoxy) is 2. The molecule has 0 atom stereocenters. The van der Waals surface area contributed by atoms with Crippen molar-refractivity contribution in [2.45, 2.75) is 0 Å². The number of nitrogens with one attached hydrogen (secondary N) is 1. The predicted molar refractivity (Wildman–Crippen MR) is 72.2 cm³/mol. The minimum atomic E-state index is -0.996. The molecule has 20 heavy (non-hydrogen) atoms. The van der Waals surface area contributed by atoms with Crippen molar-refractivity contribution in [2.75, 3.05) is 38.8 Å². The molecular weight excluding hydrogens is 264 g/mol. The normalized spacial score (nSPS) is 10.8. The summed E-state index contributed by atoms with van der Waals surface area (Å²) >= 11 is 0. The van der Waals surface area contributed by atoms with Gasteiger partial charge in [0.1, 0.15) is 5.52 Å². The van der Waals surface area contributed by atoms with Gasteiger partial charge in [-0.2, -0.15) is 4.98 Å². The van der Waals surface area contributed by atoms with Crippen molar-refractivity contribution in [1.82, 2.24) is 4.98 Å². The number of oxazole rings is 1. The van der Waals surface area contributed by atoms with E-state index in [1.54, 1.807) is 13.2 Å². The Bertz CT molecular complexity index is 581. The van der Waals surface area contributed by atoms with Crippen LogP contribution in [0.25, 0.3) is 11.1 Å². The molecule has 0 spiro atoms. The van der Waals surface area contributed by atoms with Gasteiger partial charge in [0.15, 0.2) is 5.58 Å². The van der Waals surface area contributed by atoms with Crippen molar-refractivity contribution >= 4 is 23.1 Å². The number of benzene rings is 1. The van der Waals surface area contributed by atoms with Crippen molar-refractivity contribution in [3.63, 3.8) is 0 Å². The third-order valence-corrected chi connectivity index (χ3v) is 2.59. The average molecular weight is 280 g/mol. The Morgan fingerprint density at radius 2 is 2.25 bits per heavy atom. The van der Waals surface area contributed by atoms with Gasteiger partial charge < -0.3 is 24.3 Å². The van der Waals surface area contributed by atoms with Crippen molar-refractivity contribution in [2.24, 2.45) is 0 Å². The van der Waals surface area contributed by atoms with Crippen LogP contribution in [0.3, 0.4) is 0 Å². The molecule has 1 heterocycles. The lowest BCUT2D eigenvalue weighted by molar-refractivity contribution is 0.0697. The van der Waals surface area contributed by atoms with E-state index < -0.39 is 5.97 Å². The highest BCUT2D eigenvalue weighted by Gasteiger charge is 2.09. The first-order chi connectivity index (χ1) is 9.70. The van der Waals surface area contributed by atoms with Crippen LogP contribution in [-0.2, 0) is 9.47 Å². The number of aromatic carboxylic acids is 1. The number of fused-ring (bicyclic) bond motifs is 1. The maximum atomic E-state index is 10.8. The summed E-state index contributed by atoms with van der Waals surface area (Å²) in [5, 5.41) is 11.9. The Hall–Kier alpha value is -2.12. The summed E-state index contributed by atoms with van der Waals surface area (Å²) in [5.41, 5.74) is 1.22. The standard InChI is InChI=1S/C13H16N2O5/c1-18-6-7-19-5-4-14-13-15-10-3-2-9(12(16)17)8-11(10)20-13/h2-3,8H,4-7H2,1H3,(H,14,15)(H,16,17). The van der Waals surface area contributed by atoms with Crippen molar-refractivity contribution in [1.29, 1.82) is 0 Å². The largest absolute Gasteiger partial charge is 0.478 e. The molecule has 0 aliphatic carbocycles. The number of aromatic nitrogens is 1. The molecule has 2 aromatic rings. The van der Waals surface area contributed by atoms with Gasteiger partial charge in [-0.3, -0.25) is 0 Å². The van der Waals surface area contributed by atoms with E-state index in [9.17, 15) is 4.79 Å². The van der Waals surface area contributed by atoms with Crippen LogP contribution >= 0.6 is 0 Å².